The number of hydrogen-bond acceptors (Lipinski definition) is 4. The molecule has 0 amide bonds. The molecule has 0 radical (unpaired) electrons. The molecule has 0 aliphatic carbocycles. The van der Waals surface area contributed by atoms with E-state index in [0.29, 0.717) is 12.4 Å². The van der Waals surface area contributed by atoms with Gasteiger partial charge in [0.2, 0.25) is 0 Å². The third-order valence-corrected chi connectivity index (χ3v) is 1.04. The fourth-order valence-corrected chi connectivity index (χ4v) is 0.604. The van der Waals surface area contributed by atoms with Crippen molar-refractivity contribution in [2.75, 3.05) is 27.2 Å². The molecule has 0 atom stereocenters. The molecule has 0 heterocycles. The van der Waals surface area contributed by atoms with Crippen LogP contribution in [0.2, 0.25) is 0 Å². The maximum Gasteiger partial charge on any atom is 0.325 e. The van der Waals surface area contributed by atoms with Crippen LogP contribution in [-0.4, -0.2) is 49.0 Å². The fourth-order valence-electron chi connectivity index (χ4n) is 0.604. The number of hydrazine groups is 1. The van der Waals surface area contributed by atoms with Crippen LogP contribution in [0.25, 0.3) is 0 Å². The Kier molecular flexibility index (Phi) is 4.98. The van der Waals surface area contributed by atoms with Crippen molar-refractivity contribution in [3.63, 3.8) is 0 Å². The Hall–Kier alpha value is -1.14. The van der Waals surface area contributed by atoms with Crippen LogP contribution in [-0.2, 0) is 4.79 Å². The largest absolute Gasteiger partial charge is 0.480 e. The van der Waals surface area contributed by atoms with Gasteiger partial charge in [-0.15, -0.1) is 0 Å². The van der Waals surface area contributed by atoms with E-state index in [1.165, 1.54) is 0 Å². The highest BCUT2D eigenvalue weighted by molar-refractivity contribution is 5.85. The van der Waals surface area contributed by atoms with E-state index in [0.717, 1.165) is 0 Å². The van der Waals surface area contributed by atoms with Crippen LogP contribution < -0.4 is 11.3 Å². The molecule has 12 heavy (non-hydrogen) atoms. The lowest BCUT2D eigenvalue weighted by atomic mass is 10.5. The summed E-state index contributed by atoms with van der Waals surface area (Å²) in [6.45, 7) is 0.247. The lowest BCUT2D eigenvalue weighted by Gasteiger charge is -2.10. The van der Waals surface area contributed by atoms with Crippen molar-refractivity contribution in [3.05, 3.63) is 0 Å². The quantitative estimate of drug-likeness (QED) is 0.209. The number of aliphatic imine (C=N–C) groups is 1. The van der Waals surface area contributed by atoms with Crippen molar-refractivity contribution in [1.82, 2.24) is 10.3 Å². The molecule has 0 bridgehead atoms. The first-order chi connectivity index (χ1) is 5.56. The van der Waals surface area contributed by atoms with Crippen molar-refractivity contribution in [3.8, 4) is 0 Å². The van der Waals surface area contributed by atoms with Crippen LogP contribution in [0.5, 0.6) is 0 Å². The van der Waals surface area contributed by atoms with Gasteiger partial charge in [-0.1, -0.05) is 0 Å². The summed E-state index contributed by atoms with van der Waals surface area (Å²) in [5.74, 6) is 4.60. The predicted octanol–water partition coefficient (Wildman–Crippen LogP) is -1.51. The number of aliphatic carboxylic acids is 1. The van der Waals surface area contributed by atoms with Gasteiger partial charge in [-0.25, -0.2) is 5.84 Å². The smallest absolute Gasteiger partial charge is 0.325 e. The number of carboxylic acids is 1. The Balaban J connectivity index is 3.95. The zero-order valence-electron chi connectivity index (χ0n) is 7.24. The van der Waals surface area contributed by atoms with Gasteiger partial charge in [-0.2, -0.15) is 0 Å². The van der Waals surface area contributed by atoms with E-state index < -0.39 is 5.97 Å². The van der Waals surface area contributed by atoms with E-state index in [9.17, 15) is 4.79 Å². The summed E-state index contributed by atoms with van der Waals surface area (Å²) in [4.78, 5) is 15.7. The van der Waals surface area contributed by atoms with E-state index in [4.69, 9.17) is 10.9 Å². The molecular formula is C6H14N4O2. The maximum absolute atomic E-state index is 10.1. The van der Waals surface area contributed by atoms with Crippen molar-refractivity contribution >= 4 is 11.8 Å². The lowest BCUT2D eigenvalue weighted by Crippen LogP contribution is -2.38. The van der Waals surface area contributed by atoms with Gasteiger partial charge in [-0.3, -0.25) is 9.79 Å². The summed E-state index contributed by atoms with van der Waals surface area (Å²) in [6, 6.07) is 0. The Labute approximate surface area is 71.0 Å². The Bertz CT molecular complexity index is 178. The number of hydrogen-bond donors (Lipinski definition) is 3. The molecule has 0 fully saturated rings. The fraction of sp³-hybridized carbons (Fsp3) is 0.667. The molecule has 0 aromatic rings. The number of nitrogens with two attached hydrogens (primary N) is 1. The average Bonchev–Trinajstić information content (AvgIpc) is 1.97. The third kappa shape index (κ3) is 5.63. The van der Waals surface area contributed by atoms with Crippen molar-refractivity contribution in [2.24, 2.45) is 10.8 Å². The van der Waals surface area contributed by atoms with E-state index in [-0.39, 0.29) is 6.54 Å². The number of carbonyl (C=O) groups is 1. The SMILES string of the molecule is CN(C)CC(=NCC(=O)O)NN. The van der Waals surface area contributed by atoms with Crippen LogP contribution >= 0.6 is 0 Å². The molecule has 0 saturated carbocycles. The number of amidine groups is 1. The molecule has 0 unspecified atom stereocenters. The zero-order valence-corrected chi connectivity index (χ0v) is 7.24. The van der Waals surface area contributed by atoms with Gasteiger partial charge in [-0.05, 0) is 14.1 Å². The summed E-state index contributed by atoms with van der Waals surface area (Å²) >= 11 is 0. The molecule has 0 spiro atoms. The molecule has 6 heteroatoms. The van der Waals surface area contributed by atoms with Crippen LogP contribution in [0.15, 0.2) is 4.99 Å². The number of likely N-dealkylation sites (N-methyl/N-ethyl adjacent to an activating group) is 1. The molecule has 0 aromatic heterocycles. The van der Waals surface area contributed by atoms with Crippen molar-refractivity contribution in [1.29, 1.82) is 0 Å². The number of carboxylic acid groups (broad SMARTS) is 1. The monoisotopic (exact) mass is 174 g/mol. The molecule has 0 aliphatic rings. The summed E-state index contributed by atoms with van der Waals surface area (Å²) < 4.78 is 0. The molecule has 4 N–H and O–H groups in total. The van der Waals surface area contributed by atoms with E-state index in [1.54, 1.807) is 0 Å². The van der Waals surface area contributed by atoms with E-state index in [1.807, 2.05) is 19.0 Å². The summed E-state index contributed by atoms with van der Waals surface area (Å²) in [5, 5.41) is 8.30. The summed E-state index contributed by atoms with van der Waals surface area (Å²) in [5.41, 5.74) is 2.33. The first-order valence-corrected chi connectivity index (χ1v) is 3.42. The van der Waals surface area contributed by atoms with Gasteiger partial charge in [0.25, 0.3) is 0 Å². The van der Waals surface area contributed by atoms with E-state index in [2.05, 4.69) is 10.4 Å². The van der Waals surface area contributed by atoms with Crippen LogP contribution in [0.3, 0.4) is 0 Å². The first-order valence-electron chi connectivity index (χ1n) is 3.42. The second kappa shape index (κ2) is 5.50. The minimum absolute atomic E-state index is 0.257. The number of rotatable bonds is 4. The lowest BCUT2D eigenvalue weighted by molar-refractivity contribution is -0.135. The molecule has 70 valence electrons. The molecule has 0 saturated heterocycles. The average molecular weight is 174 g/mol. The second-order valence-corrected chi connectivity index (χ2v) is 2.54. The normalized spacial score (nSPS) is 11.8. The first kappa shape index (κ1) is 10.9. The highest BCUT2D eigenvalue weighted by Crippen LogP contribution is 1.78. The van der Waals surface area contributed by atoms with Gasteiger partial charge >= 0.3 is 5.97 Å². The van der Waals surface area contributed by atoms with Gasteiger partial charge < -0.3 is 15.4 Å². The summed E-state index contributed by atoms with van der Waals surface area (Å²) in [6.07, 6.45) is 0. The standard InChI is InChI=1S/C6H14N4O2/c1-10(2)4-5(9-7)8-3-6(11)12/h3-4,7H2,1-2H3,(H,8,9)(H,11,12). The topological polar surface area (TPSA) is 91.0 Å². The number of nitrogens with zero attached hydrogens (tertiary/aromatic N) is 2. The maximum atomic E-state index is 10.1. The molecule has 0 aliphatic heterocycles. The Morgan fingerprint density at radius 2 is 2.25 bits per heavy atom. The van der Waals surface area contributed by atoms with Gasteiger partial charge in [0.1, 0.15) is 12.4 Å². The van der Waals surface area contributed by atoms with Crippen molar-refractivity contribution in [2.45, 2.75) is 0 Å². The van der Waals surface area contributed by atoms with Crippen LogP contribution in [0, 0.1) is 0 Å². The van der Waals surface area contributed by atoms with Crippen molar-refractivity contribution < 1.29 is 9.90 Å². The molecule has 0 rings (SSSR count). The third-order valence-electron chi connectivity index (χ3n) is 1.04. The predicted molar refractivity (Wildman–Crippen MR) is 45.8 cm³/mol. The Morgan fingerprint density at radius 3 is 2.58 bits per heavy atom. The summed E-state index contributed by atoms with van der Waals surface area (Å²) in [7, 11) is 3.68. The van der Waals surface area contributed by atoms with Gasteiger partial charge in [0.05, 0.1) is 6.54 Å². The molecule has 0 aromatic carbocycles. The zero-order chi connectivity index (χ0) is 9.56. The highest BCUT2D eigenvalue weighted by Gasteiger charge is 1.99. The second-order valence-electron chi connectivity index (χ2n) is 2.54. The van der Waals surface area contributed by atoms with Gasteiger partial charge in [0.15, 0.2) is 0 Å². The van der Waals surface area contributed by atoms with E-state index >= 15 is 0 Å². The molecular weight excluding hydrogens is 160 g/mol. The minimum Gasteiger partial charge on any atom is -0.480 e. The Morgan fingerprint density at radius 1 is 1.67 bits per heavy atom. The highest BCUT2D eigenvalue weighted by atomic mass is 16.4. The molecule has 6 nitrogen and oxygen atoms in total. The van der Waals surface area contributed by atoms with Gasteiger partial charge in [0, 0.05) is 0 Å². The minimum atomic E-state index is -0.971. The number of nitrogens with one attached hydrogen (secondary N) is 1. The van der Waals surface area contributed by atoms with Crippen LogP contribution in [0.1, 0.15) is 0 Å². The van der Waals surface area contributed by atoms with Crippen LogP contribution in [0.4, 0.5) is 0 Å².